The summed E-state index contributed by atoms with van der Waals surface area (Å²) >= 11 is 3.38. The van der Waals surface area contributed by atoms with Gasteiger partial charge in [-0.15, -0.1) is 0 Å². The highest BCUT2D eigenvalue weighted by Gasteiger charge is 2.11. The number of anilines is 1. The average Bonchev–Trinajstić information content (AvgIpc) is 2.38. The van der Waals surface area contributed by atoms with Crippen LogP contribution in [-0.2, 0) is 6.54 Å². The maximum Gasteiger partial charge on any atom is 0.283 e. The predicted octanol–water partition coefficient (Wildman–Crippen LogP) is 3.51. The summed E-state index contributed by atoms with van der Waals surface area (Å²) < 4.78 is 2.09. The fraction of sp³-hybridized carbons (Fsp3) is 0.714. The summed E-state index contributed by atoms with van der Waals surface area (Å²) in [5, 5.41) is 7.53. The number of hydrogen-bond donors (Lipinski definition) is 1. The fourth-order valence-corrected chi connectivity index (χ4v) is 2.34. The van der Waals surface area contributed by atoms with Crippen LogP contribution in [0.5, 0.6) is 0 Å². The van der Waals surface area contributed by atoms with E-state index in [-0.39, 0.29) is 5.56 Å². The Labute approximate surface area is 123 Å². The molecule has 1 aromatic heterocycles. The molecule has 0 atom stereocenters. The summed E-state index contributed by atoms with van der Waals surface area (Å²) in [6.45, 7) is 10.0. The highest BCUT2D eigenvalue weighted by molar-refractivity contribution is 9.10. The van der Waals surface area contributed by atoms with Crippen LogP contribution in [0.1, 0.15) is 40.5 Å². The number of rotatable bonds is 7. The Bertz CT molecular complexity index is 452. The molecule has 0 bridgehead atoms. The van der Waals surface area contributed by atoms with E-state index in [0.717, 1.165) is 25.1 Å². The first-order valence-electron chi connectivity index (χ1n) is 6.99. The zero-order chi connectivity index (χ0) is 14.4. The third-order valence-corrected chi connectivity index (χ3v) is 4.03. The zero-order valence-corrected chi connectivity index (χ0v) is 13.8. The monoisotopic (exact) mass is 329 g/mol. The SMILES string of the molecule is CCC(CC)CNc1cnn(CC(C)C)c(=O)c1Br. The van der Waals surface area contributed by atoms with Crippen molar-refractivity contribution in [2.24, 2.45) is 11.8 Å². The number of aromatic nitrogens is 2. The van der Waals surface area contributed by atoms with Crippen molar-refractivity contribution in [3.05, 3.63) is 21.0 Å². The van der Waals surface area contributed by atoms with Gasteiger partial charge in [0.1, 0.15) is 4.47 Å². The van der Waals surface area contributed by atoms with Crippen molar-refractivity contribution < 1.29 is 0 Å². The van der Waals surface area contributed by atoms with Crippen molar-refractivity contribution in [3.63, 3.8) is 0 Å². The van der Waals surface area contributed by atoms with Crippen LogP contribution in [0, 0.1) is 11.8 Å². The van der Waals surface area contributed by atoms with E-state index in [9.17, 15) is 4.79 Å². The molecule has 0 amide bonds. The van der Waals surface area contributed by atoms with Crippen molar-refractivity contribution in [2.75, 3.05) is 11.9 Å². The number of nitrogens with one attached hydrogen (secondary N) is 1. The van der Waals surface area contributed by atoms with Crippen molar-refractivity contribution in [3.8, 4) is 0 Å². The van der Waals surface area contributed by atoms with E-state index in [4.69, 9.17) is 0 Å². The van der Waals surface area contributed by atoms with Gasteiger partial charge < -0.3 is 5.32 Å². The largest absolute Gasteiger partial charge is 0.382 e. The lowest BCUT2D eigenvalue weighted by Crippen LogP contribution is -2.27. The van der Waals surface area contributed by atoms with E-state index in [0.29, 0.717) is 22.9 Å². The second-order valence-corrected chi connectivity index (χ2v) is 6.11. The van der Waals surface area contributed by atoms with Crippen LogP contribution in [0.3, 0.4) is 0 Å². The molecule has 0 saturated carbocycles. The standard InChI is InChI=1S/C14H24BrN3O/c1-5-11(6-2)7-16-12-8-17-18(9-10(3)4)14(19)13(12)15/h8,10-11,16H,5-7,9H2,1-4H3. The molecule has 4 nitrogen and oxygen atoms in total. The van der Waals surface area contributed by atoms with Gasteiger partial charge in [-0.1, -0.05) is 40.5 Å². The Balaban J connectivity index is 2.82. The number of halogens is 1. The van der Waals surface area contributed by atoms with Crippen LogP contribution in [0.25, 0.3) is 0 Å². The lowest BCUT2D eigenvalue weighted by Gasteiger charge is -2.16. The molecule has 0 spiro atoms. The quantitative estimate of drug-likeness (QED) is 0.832. The highest BCUT2D eigenvalue weighted by atomic mass is 79.9. The van der Waals surface area contributed by atoms with Gasteiger partial charge in [0.15, 0.2) is 0 Å². The van der Waals surface area contributed by atoms with E-state index in [1.54, 1.807) is 6.20 Å². The molecule has 1 aromatic rings. The van der Waals surface area contributed by atoms with E-state index in [1.165, 1.54) is 4.68 Å². The summed E-state index contributed by atoms with van der Waals surface area (Å²) in [4.78, 5) is 12.1. The van der Waals surface area contributed by atoms with E-state index in [2.05, 4.69) is 54.0 Å². The van der Waals surface area contributed by atoms with Crippen molar-refractivity contribution >= 4 is 21.6 Å². The normalized spacial score (nSPS) is 11.3. The summed E-state index contributed by atoms with van der Waals surface area (Å²) in [5.74, 6) is 1.03. The lowest BCUT2D eigenvalue weighted by molar-refractivity contribution is 0.462. The van der Waals surface area contributed by atoms with Gasteiger partial charge in [0, 0.05) is 13.1 Å². The van der Waals surface area contributed by atoms with Crippen LogP contribution in [0.2, 0.25) is 0 Å². The number of hydrogen-bond acceptors (Lipinski definition) is 3. The molecule has 0 aromatic carbocycles. The van der Waals surface area contributed by atoms with Gasteiger partial charge in [-0.3, -0.25) is 4.79 Å². The van der Waals surface area contributed by atoms with Crippen LogP contribution in [-0.4, -0.2) is 16.3 Å². The van der Waals surface area contributed by atoms with E-state index >= 15 is 0 Å². The van der Waals surface area contributed by atoms with Gasteiger partial charge in [0.05, 0.1) is 11.9 Å². The molecule has 0 unspecified atom stereocenters. The minimum Gasteiger partial charge on any atom is -0.382 e. The third-order valence-electron chi connectivity index (χ3n) is 3.26. The van der Waals surface area contributed by atoms with Crippen LogP contribution in [0.4, 0.5) is 5.69 Å². The molecule has 5 heteroatoms. The maximum atomic E-state index is 12.1. The molecular formula is C14H24BrN3O. The average molecular weight is 330 g/mol. The number of nitrogens with zero attached hydrogens (tertiary/aromatic N) is 2. The summed E-state index contributed by atoms with van der Waals surface area (Å²) in [7, 11) is 0. The third kappa shape index (κ3) is 4.64. The van der Waals surface area contributed by atoms with Gasteiger partial charge in [0.25, 0.3) is 5.56 Å². The summed E-state index contributed by atoms with van der Waals surface area (Å²) in [6.07, 6.45) is 4.01. The summed E-state index contributed by atoms with van der Waals surface area (Å²) in [5.41, 5.74) is 0.722. The Morgan fingerprint density at radius 2 is 2.00 bits per heavy atom. The van der Waals surface area contributed by atoms with Gasteiger partial charge in [-0.05, 0) is 27.8 Å². The molecule has 1 N–H and O–H groups in total. The molecule has 0 aliphatic carbocycles. The Kier molecular flexibility index (Phi) is 6.55. The van der Waals surface area contributed by atoms with Gasteiger partial charge >= 0.3 is 0 Å². The second kappa shape index (κ2) is 7.68. The molecular weight excluding hydrogens is 306 g/mol. The smallest absolute Gasteiger partial charge is 0.283 e. The highest BCUT2D eigenvalue weighted by Crippen LogP contribution is 2.18. The minimum absolute atomic E-state index is 0.0664. The molecule has 0 aliphatic rings. The molecule has 1 rings (SSSR count). The Hall–Kier alpha value is -0.840. The molecule has 1 heterocycles. The molecule has 19 heavy (non-hydrogen) atoms. The Morgan fingerprint density at radius 1 is 1.37 bits per heavy atom. The topological polar surface area (TPSA) is 46.9 Å². The van der Waals surface area contributed by atoms with Crippen molar-refractivity contribution in [1.82, 2.24) is 9.78 Å². The fourth-order valence-electron chi connectivity index (χ4n) is 1.90. The Morgan fingerprint density at radius 3 is 2.53 bits per heavy atom. The second-order valence-electron chi connectivity index (χ2n) is 5.32. The molecule has 0 radical (unpaired) electrons. The first-order valence-corrected chi connectivity index (χ1v) is 7.78. The maximum absolute atomic E-state index is 12.1. The first kappa shape index (κ1) is 16.2. The summed E-state index contributed by atoms with van der Waals surface area (Å²) in [6, 6.07) is 0. The van der Waals surface area contributed by atoms with Gasteiger partial charge in [0.2, 0.25) is 0 Å². The van der Waals surface area contributed by atoms with Gasteiger partial charge in [-0.2, -0.15) is 5.10 Å². The molecule has 108 valence electrons. The zero-order valence-electron chi connectivity index (χ0n) is 12.2. The van der Waals surface area contributed by atoms with Crippen LogP contribution >= 0.6 is 15.9 Å². The van der Waals surface area contributed by atoms with Crippen LogP contribution in [0.15, 0.2) is 15.5 Å². The van der Waals surface area contributed by atoms with Gasteiger partial charge in [-0.25, -0.2) is 4.68 Å². The minimum atomic E-state index is -0.0664. The lowest BCUT2D eigenvalue weighted by atomic mass is 10.0. The molecule has 0 aliphatic heterocycles. The van der Waals surface area contributed by atoms with E-state index in [1.807, 2.05) is 0 Å². The molecule has 0 saturated heterocycles. The first-order chi connectivity index (χ1) is 8.99. The van der Waals surface area contributed by atoms with Crippen LogP contribution < -0.4 is 10.9 Å². The van der Waals surface area contributed by atoms with Crippen molar-refractivity contribution in [1.29, 1.82) is 0 Å². The molecule has 0 fully saturated rings. The van der Waals surface area contributed by atoms with Crippen molar-refractivity contribution in [2.45, 2.75) is 47.1 Å². The van der Waals surface area contributed by atoms with E-state index < -0.39 is 0 Å². The predicted molar refractivity (Wildman–Crippen MR) is 83.6 cm³/mol.